The van der Waals surface area contributed by atoms with Crippen LogP contribution in [0.5, 0.6) is 0 Å². The number of carboxylic acid groups (broad SMARTS) is 1. The molecular weight excluding hydrogens is 220 g/mol. The summed E-state index contributed by atoms with van der Waals surface area (Å²) in [5, 5.41) is 7.60. The van der Waals surface area contributed by atoms with Crippen molar-refractivity contribution < 1.29 is 42.8 Å². The van der Waals surface area contributed by atoms with E-state index in [2.05, 4.69) is 5.73 Å². The van der Waals surface area contributed by atoms with E-state index >= 15 is 0 Å². The van der Waals surface area contributed by atoms with Gasteiger partial charge in [-0.1, -0.05) is 0 Å². The van der Waals surface area contributed by atoms with Crippen LogP contribution in [-0.4, -0.2) is 85.2 Å². The fraction of sp³-hybridized carbons (Fsp3) is 0.500. The third-order valence-corrected chi connectivity index (χ3v) is 0.175. The molecule has 13 heavy (non-hydrogen) atoms. The van der Waals surface area contributed by atoms with Gasteiger partial charge in [-0.2, -0.15) is 0 Å². The quantitative estimate of drug-likeness (QED) is 0.441. The summed E-state index contributed by atoms with van der Waals surface area (Å²) in [4.78, 5) is 9.24. The molecular formula is C2H11Al2NO8. The van der Waals surface area contributed by atoms with E-state index < -0.39 is 5.97 Å². The number of carboxylic acids is 1. The van der Waals surface area contributed by atoms with Gasteiger partial charge in [-0.05, 0) is 0 Å². The van der Waals surface area contributed by atoms with E-state index in [-0.39, 0.29) is 74.1 Å². The summed E-state index contributed by atoms with van der Waals surface area (Å²) < 4.78 is 0. The molecule has 0 rings (SSSR count). The second-order valence-electron chi connectivity index (χ2n) is 0.598. The minimum Gasteiger partial charge on any atom is -0.870 e. The van der Waals surface area contributed by atoms with Gasteiger partial charge in [0, 0.05) is 0 Å². The molecule has 0 aromatic carbocycles. The van der Waals surface area contributed by atoms with Crippen LogP contribution < -0.4 is 5.73 Å². The summed E-state index contributed by atoms with van der Waals surface area (Å²) in [6.45, 7) is -0.278. The Bertz CT molecular complexity index is 55.4. The topological polar surface area (TPSA) is 243 Å². The molecule has 0 amide bonds. The van der Waals surface area contributed by atoms with Gasteiger partial charge in [0.25, 0.3) is 0 Å². The number of aliphatic carboxylic acids is 1. The van der Waals surface area contributed by atoms with Crippen molar-refractivity contribution in [2.75, 3.05) is 6.54 Å². The predicted octanol–water partition coefficient (Wildman–Crippen LogP) is -2.79. The fourth-order valence-electron chi connectivity index (χ4n) is 0. The SMILES string of the molecule is NCC(=O)O.[Al+3].[Al+3].[OH-].[OH-].[OH-].[OH-].[OH-].[OH-]. The Morgan fingerprint density at radius 3 is 1.00 bits per heavy atom. The van der Waals surface area contributed by atoms with Gasteiger partial charge in [0.1, 0.15) is 0 Å². The maximum Gasteiger partial charge on any atom is 3.00 e. The maximum absolute atomic E-state index is 9.24. The van der Waals surface area contributed by atoms with Crippen LogP contribution in [0.4, 0.5) is 0 Å². The Kier molecular flexibility index (Phi) is 725. The number of rotatable bonds is 1. The van der Waals surface area contributed by atoms with Crippen LogP contribution in [0.15, 0.2) is 0 Å². The molecule has 0 aliphatic carbocycles. The van der Waals surface area contributed by atoms with Crippen LogP contribution in [0.25, 0.3) is 0 Å². The molecule has 9 N–H and O–H groups in total. The van der Waals surface area contributed by atoms with E-state index in [0.29, 0.717) is 0 Å². The monoisotopic (exact) mass is 231 g/mol. The van der Waals surface area contributed by atoms with Gasteiger partial charge in [-0.25, -0.2) is 0 Å². The van der Waals surface area contributed by atoms with Crippen LogP contribution in [-0.2, 0) is 4.79 Å². The zero-order chi connectivity index (χ0) is 4.28. The smallest absolute Gasteiger partial charge is 0.870 e. The Morgan fingerprint density at radius 2 is 1.00 bits per heavy atom. The molecule has 0 aromatic heterocycles. The van der Waals surface area contributed by atoms with E-state index in [4.69, 9.17) is 5.11 Å². The number of hydrogen-bond donors (Lipinski definition) is 2. The maximum atomic E-state index is 9.24. The molecule has 0 bridgehead atoms. The van der Waals surface area contributed by atoms with E-state index in [9.17, 15) is 4.79 Å². The van der Waals surface area contributed by atoms with Gasteiger partial charge < -0.3 is 43.7 Å². The molecule has 11 heteroatoms. The average molecular weight is 231 g/mol. The molecule has 0 saturated carbocycles. The van der Waals surface area contributed by atoms with Crippen LogP contribution in [0.3, 0.4) is 0 Å². The number of carbonyl (C=O) groups is 1. The first-order valence-corrected chi connectivity index (χ1v) is 1.19. The molecule has 0 atom stereocenters. The van der Waals surface area contributed by atoms with Crippen molar-refractivity contribution in [2.45, 2.75) is 0 Å². The van der Waals surface area contributed by atoms with Crippen LogP contribution in [0, 0.1) is 0 Å². The van der Waals surface area contributed by atoms with Crippen molar-refractivity contribution in [1.82, 2.24) is 0 Å². The van der Waals surface area contributed by atoms with Crippen molar-refractivity contribution in [3.63, 3.8) is 0 Å². The third-order valence-electron chi connectivity index (χ3n) is 0.175. The van der Waals surface area contributed by atoms with Crippen molar-refractivity contribution in [2.24, 2.45) is 5.73 Å². The van der Waals surface area contributed by atoms with E-state index in [0.717, 1.165) is 0 Å². The second kappa shape index (κ2) is 85.7. The van der Waals surface area contributed by atoms with E-state index in [1.54, 1.807) is 0 Å². The third kappa shape index (κ3) is 253. The summed E-state index contributed by atoms with van der Waals surface area (Å²) in [6, 6.07) is 0. The average Bonchev–Trinajstić information content (AvgIpc) is 1.38. The summed E-state index contributed by atoms with van der Waals surface area (Å²) >= 11 is 0. The normalized spacial score (nSPS) is 2.85. The minimum absolute atomic E-state index is 0. The van der Waals surface area contributed by atoms with Gasteiger partial charge in [0.15, 0.2) is 0 Å². The Hall–Kier alpha value is 0.255. The second-order valence-corrected chi connectivity index (χ2v) is 0.598. The number of hydrogen-bond acceptors (Lipinski definition) is 8. The molecule has 0 fully saturated rings. The molecule has 0 aromatic rings. The van der Waals surface area contributed by atoms with Crippen molar-refractivity contribution in [1.29, 1.82) is 0 Å². The van der Waals surface area contributed by atoms with Crippen LogP contribution in [0.1, 0.15) is 0 Å². The molecule has 0 spiro atoms. The molecule has 9 nitrogen and oxygen atoms in total. The molecule has 0 heterocycles. The zero-order valence-corrected chi connectivity index (χ0v) is 8.79. The number of nitrogens with two attached hydrogens (primary N) is 1. The first-order valence-electron chi connectivity index (χ1n) is 1.19. The van der Waals surface area contributed by atoms with Gasteiger partial charge in [-0.3, -0.25) is 4.79 Å². The molecule has 0 radical (unpaired) electrons. The molecule has 0 saturated heterocycles. The summed E-state index contributed by atoms with van der Waals surface area (Å²) in [5.41, 5.74) is 4.57. The summed E-state index contributed by atoms with van der Waals surface area (Å²) in [6.07, 6.45) is 0. The van der Waals surface area contributed by atoms with Gasteiger partial charge in [0.05, 0.1) is 6.54 Å². The Morgan fingerprint density at radius 1 is 0.923 bits per heavy atom. The van der Waals surface area contributed by atoms with Crippen LogP contribution >= 0.6 is 0 Å². The predicted molar refractivity (Wildman–Crippen MR) is 39.8 cm³/mol. The van der Waals surface area contributed by atoms with Crippen molar-refractivity contribution in [3.05, 3.63) is 0 Å². The fourth-order valence-corrected chi connectivity index (χ4v) is 0. The van der Waals surface area contributed by atoms with Gasteiger partial charge in [0.2, 0.25) is 0 Å². The Labute approximate surface area is 96.0 Å². The molecule has 0 unspecified atom stereocenters. The molecule has 0 aliphatic heterocycles. The van der Waals surface area contributed by atoms with Crippen LogP contribution in [0.2, 0.25) is 0 Å². The molecule has 78 valence electrons. The Balaban J connectivity index is -0.00000000286. The standard InChI is InChI=1S/C2H5NO2.2Al.6H2O/c3-1-2(4)5;;;;;;;;/h1,3H2,(H,4,5);;;6*1H2/q;2*+3;;;;;;/p-6. The first-order chi connectivity index (χ1) is 2.27. The first kappa shape index (κ1) is 110. The summed E-state index contributed by atoms with van der Waals surface area (Å²) in [7, 11) is 0. The van der Waals surface area contributed by atoms with Crippen molar-refractivity contribution >= 4 is 40.7 Å². The van der Waals surface area contributed by atoms with Gasteiger partial charge >= 0.3 is 40.7 Å². The zero-order valence-electron chi connectivity index (χ0n) is 6.48. The summed E-state index contributed by atoms with van der Waals surface area (Å²) in [5.74, 6) is -0.968. The minimum atomic E-state index is -0.968. The van der Waals surface area contributed by atoms with E-state index in [1.807, 2.05) is 0 Å². The molecule has 0 aliphatic rings. The van der Waals surface area contributed by atoms with E-state index in [1.165, 1.54) is 0 Å². The van der Waals surface area contributed by atoms with Gasteiger partial charge in [-0.15, -0.1) is 0 Å². The largest absolute Gasteiger partial charge is 3.00 e. The van der Waals surface area contributed by atoms with Crippen molar-refractivity contribution in [3.8, 4) is 0 Å².